The summed E-state index contributed by atoms with van der Waals surface area (Å²) in [6.07, 6.45) is 0.884. The number of rotatable bonds is 3. The summed E-state index contributed by atoms with van der Waals surface area (Å²) in [6, 6.07) is 10.5. The Kier molecular flexibility index (Phi) is 3.38. The molecular weight excluding hydrogens is 222 g/mol. The lowest BCUT2D eigenvalue weighted by Gasteiger charge is -2.07. The molecule has 2 aromatic rings. The maximum atomic E-state index is 13.0. The van der Waals surface area contributed by atoms with Gasteiger partial charge in [-0.25, -0.2) is 8.78 Å². The van der Waals surface area contributed by atoms with Gasteiger partial charge < -0.3 is 4.74 Å². The highest BCUT2D eigenvalue weighted by Gasteiger charge is 2.03. The van der Waals surface area contributed by atoms with Crippen molar-refractivity contribution in [2.75, 3.05) is 0 Å². The van der Waals surface area contributed by atoms with Crippen LogP contribution in [-0.2, 0) is 6.42 Å². The molecular formula is C14H12F2O. The van der Waals surface area contributed by atoms with Crippen molar-refractivity contribution >= 4 is 0 Å². The van der Waals surface area contributed by atoms with Crippen LogP contribution in [0.2, 0.25) is 0 Å². The Morgan fingerprint density at radius 1 is 0.941 bits per heavy atom. The highest BCUT2D eigenvalue weighted by atomic mass is 19.1. The smallest absolute Gasteiger partial charge is 0.133 e. The first-order valence-corrected chi connectivity index (χ1v) is 5.40. The maximum Gasteiger partial charge on any atom is 0.133 e. The highest BCUT2D eigenvalue weighted by molar-refractivity contribution is 5.34. The molecule has 3 heteroatoms. The first-order valence-electron chi connectivity index (χ1n) is 5.40. The van der Waals surface area contributed by atoms with E-state index >= 15 is 0 Å². The van der Waals surface area contributed by atoms with Crippen molar-refractivity contribution in [3.8, 4) is 11.5 Å². The van der Waals surface area contributed by atoms with Gasteiger partial charge in [0.15, 0.2) is 0 Å². The molecule has 88 valence electrons. The predicted octanol–water partition coefficient (Wildman–Crippen LogP) is 4.32. The minimum absolute atomic E-state index is 0.163. The second-order valence-electron chi connectivity index (χ2n) is 3.71. The van der Waals surface area contributed by atoms with Crippen LogP contribution in [0.25, 0.3) is 0 Å². The molecule has 0 fully saturated rings. The van der Waals surface area contributed by atoms with Crippen LogP contribution in [0.4, 0.5) is 8.78 Å². The molecule has 0 unspecified atom stereocenters. The van der Waals surface area contributed by atoms with Gasteiger partial charge in [-0.3, -0.25) is 0 Å². The first-order chi connectivity index (χ1) is 8.17. The van der Waals surface area contributed by atoms with Crippen molar-refractivity contribution in [2.45, 2.75) is 13.3 Å². The number of ether oxygens (including phenoxy) is 1. The number of hydrogen-bond acceptors (Lipinski definition) is 1. The Morgan fingerprint density at radius 3 is 2.29 bits per heavy atom. The molecule has 0 saturated heterocycles. The predicted molar refractivity (Wildman–Crippen MR) is 62.3 cm³/mol. The largest absolute Gasteiger partial charge is 0.457 e. The SMILES string of the molecule is CCc1cccc(Oc2cc(F)cc(F)c2)c1. The number of aryl methyl sites for hydroxylation is 1. The fraction of sp³-hybridized carbons (Fsp3) is 0.143. The molecule has 0 atom stereocenters. The maximum absolute atomic E-state index is 13.0. The lowest BCUT2D eigenvalue weighted by atomic mass is 10.2. The Morgan fingerprint density at radius 2 is 1.65 bits per heavy atom. The fourth-order valence-corrected chi connectivity index (χ4v) is 1.55. The van der Waals surface area contributed by atoms with Gasteiger partial charge in [-0.05, 0) is 24.1 Å². The van der Waals surface area contributed by atoms with Crippen molar-refractivity contribution < 1.29 is 13.5 Å². The molecule has 1 nitrogen and oxygen atoms in total. The molecule has 0 spiro atoms. The average Bonchev–Trinajstić information content (AvgIpc) is 2.28. The molecule has 2 rings (SSSR count). The zero-order chi connectivity index (χ0) is 12.3. The minimum Gasteiger partial charge on any atom is -0.457 e. The molecule has 0 saturated carbocycles. The van der Waals surface area contributed by atoms with Gasteiger partial charge >= 0.3 is 0 Å². The standard InChI is InChI=1S/C14H12F2O/c1-2-10-4-3-5-13(6-10)17-14-8-11(15)7-12(16)9-14/h3-9H,2H2,1H3. The second kappa shape index (κ2) is 4.95. The average molecular weight is 234 g/mol. The zero-order valence-electron chi connectivity index (χ0n) is 9.41. The molecule has 0 aliphatic heterocycles. The van der Waals surface area contributed by atoms with Crippen LogP contribution >= 0.6 is 0 Å². The van der Waals surface area contributed by atoms with Crippen molar-refractivity contribution in [1.82, 2.24) is 0 Å². The Labute approximate surface area is 98.7 Å². The summed E-state index contributed by atoms with van der Waals surface area (Å²) in [7, 11) is 0. The zero-order valence-corrected chi connectivity index (χ0v) is 9.41. The summed E-state index contributed by atoms with van der Waals surface area (Å²) in [5.41, 5.74) is 1.11. The van der Waals surface area contributed by atoms with E-state index in [9.17, 15) is 8.78 Å². The topological polar surface area (TPSA) is 9.23 Å². The van der Waals surface area contributed by atoms with Crippen LogP contribution < -0.4 is 4.74 Å². The third kappa shape index (κ3) is 3.03. The Balaban J connectivity index is 2.24. The van der Waals surface area contributed by atoms with E-state index < -0.39 is 11.6 Å². The number of halogens is 2. The van der Waals surface area contributed by atoms with Crippen LogP contribution in [0.1, 0.15) is 12.5 Å². The van der Waals surface area contributed by atoms with Gasteiger partial charge in [0.2, 0.25) is 0 Å². The van der Waals surface area contributed by atoms with Crippen LogP contribution in [0.15, 0.2) is 42.5 Å². The molecule has 2 aromatic carbocycles. The van der Waals surface area contributed by atoms with E-state index in [0.29, 0.717) is 5.75 Å². The molecule has 0 aromatic heterocycles. The lowest BCUT2D eigenvalue weighted by molar-refractivity contribution is 0.468. The van der Waals surface area contributed by atoms with Gasteiger partial charge in [-0.2, -0.15) is 0 Å². The lowest BCUT2D eigenvalue weighted by Crippen LogP contribution is -1.88. The molecule has 0 amide bonds. The normalized spacial score (nSPS) is 10.3. The van der Waals surface area contributed by atoms with Crippen LogP contribution in [-0.4, -0.2) is 0 Å². The van der Waals surface area contributed by atoms with E-state index in [0.717, 1.165) is 30.2 Å². The minimum atomic E-state index is -0.647. The summed E-state index contributed by atoms with van der Waals surface area (Å²) in [5.74, 6) is -0.552. The second-order valence-corrected chi connectivity index (χ2v) is 3.71. The molecule has 0 aliphatic carbocycles. The van der Waals surface area contributed by atoms with Gasteiger partial charge in [-0.15, -0.1) is 0 Å². The summed E-state index contributed by atoms with van der Waals surface area (Å²) in [4.78, 5) is 0. The van der Waals surface area contributed by atoms with Crippen molar-refractivity contribution in [3.05, 3.63) is 59.7 Å². The first kappa shape index (κ1) is 11.6. The van der Waals surface area contributed by atoms with Crippen LogP contribution in [0.3, 0.4) is 0 Å². The molecule has 17 heavy (non-hydrogen) atoms. The molecule has 0 heterocycles. The van der Waals surface area contributed by atoms with Gasteiger partial charge in [0.05, 0.1) is 0 Å². The van der Waals surface area contributed by atoms with Crippen LogP contribution in [0.5, 0.6) is 11.5 Å². The van der Waals surface area contributed by atoms with Gasteiger partial charge in [0.25, 0.3) is 0 Å². The monoisotopic (exact) mass is 234 g/mol. The van der Waals surface area contributed by atoms with Crippen molar-refractivity contribution in [2.24, 2.45) is 0 Å². The van der Waals surface area contributed by atoms with Crippen molar-refractivity contribution in [3.63, 3.8) is 0 Å². The van der Waals surface area contributed by atoms with E-state index in [4.69, 9.17) is 4.74 Å². The molecule has 0 aliphatic rings. The van der Waals surface area contributed by atoms with E-state index in [1.807, 2.05) is 25.1 Å². The quantitative estimate of drug-likeness (QED) is 0.768. The summed E-state index contributed by atoms with van der Waals surface area (Å²) in [5, 5.41) is 0. The van der Waals surface area contributed by atoms with Gasteiger partial charge in [-0.1, -0.05) is 19.1 Å². The Bertz CT molecular complexity index is 503. The summed E-state index contributed by atoms with van der Waals surface area (Å²) < 4.78 is 31.3. The summed E-state index contributed by atoms with van der Waals surface area (Å²) in [6.45, 7) is 2.03. The fourth-order valence-electron chi connectivity index (χ4n) is 1.55. The highest BCUT2D eigenvalue weighted by Crippen LogP contribution is 2.24. The number of benzene rings is 2. The molecule has 0 radical (unpaired) electrons. The van der Waals surface area contributed by atoms with E-state index in [1.54, 1.807) is 6.07 Å². The van der Waals surface area contributed by atoms with Crippen molar-refractivity contribution in [1.29, 1.82) is 0 Å². The summed E-state index contributed by atoms with van der Waals surface area (Å²) >= 11 is 0. The third-order valence-electron chi connectivity index (χ3n) is 2.38. The van der Waals surface area contributed by atoms with E-state index in [1.165, 1.54) is 0 Å². The molecule has 0 bridgehead atoms. The number of hydrogen-bond donors (Lipinski definition) is 0. The van der Waals surface area contributed by atoms with Gasteiger partial charge in [0.1, 0.15) is 23.1 Å². The van der Waals surface area contributed by atoms with Gasteiger partial charge in [0, 0.05) is 18.2 Å². The van der Waals surface area contributed by atoms with E-state index in [-0.39, 0.29) is 5.75 Å². The third-order valence-corrected chi connectivity index (χ3v) is 2.38. The Hall–Kier alpha value is -1.90. The van der Waals surface area contributed by atoms with Crippen LogP contribution in [0, 0.1) is 11.6 Å². The molecule has 0 N–H and O–H groups in total. The van der Waals surface area contributed by atoms with E-state index in [2.05, 4.69) is 0 Å².